The standard InChI is InChI=1S/C22H14F4N2O2/c1-2-12-6-7-15(23)9-16(12)18-11-20(29)19(22(24,25)26)10-17(18)13-4-3-5-14(8-13)21(27)28-30/h1,3-11,29-30H,(H2,27,28). The van der Waals surface area contributed by atoms with Crippen LogP contribution in [0.2, 0.25) is 0 Å². The first kappa shape index (κ1) is 20.7. The number of terminal acetylenes is 1. The fourth-order valence-corrected chi connectivity index (χ4v) is 3.05. The number of hydrogen-bond acceptors (Lipinski definition) is 3. The number of hydrogen-bond donors (Lipinski definition) is 3. The Morgan fingerprint density at radius 1 is 1.00 bits per heavy atom. The number of amidine groups is 1. The van der Waals surface area contributed by atoms with Crippen LogP contribution in [0, 0.1) is 18.2 Å². The molecule has 4 nitrogen and oxygen atoms in total. The van der Waals surface area contributed by atoms with E-state index >= 15 is 0 Å². The number of phenolic OH excluding ortho intramolecular Hbond substituents is 1. The topological polar surface area (TPSA) is 78.8 Å². The molecule has 0 heterocycles. The number of alkyl halides is 3. The summed E-state index contributed by atoms with van der Waals surface area (Å²) < 4.78 is 54.2. The molecule has 0 aromatic heterocycles. The Bertz CT molecular complexity index is 1190. The highest BCUT2D eigenvalue weighted by Gasteiger charge is 2.35. The van der Waals surface area contributed by atoms with Crippen molar-refractivity contribution in [3.8, 4) is 40.3 Å². The van der Waals surface area contributed by atoms with Crippen LogP contribution in [-0.4, -0.2) is 16.1 Å². The summed E-state index contributed by atoms with van der Waals surface area (Å²) in [4.78, 5) is 0. The number of aromatic hydroxyl groups is 1. The quantitative estimate of drug-likeness (QED) is 0.142. The molecule has 0 amide bonds. The largest absolute Gasteiger partial charge is 0.507 e. The van der Waals surface area contributed by atoms with Gasteiger partial charge in [-0.05, 0) is 53.1 Å². The fourth-order valence-electron chi connectivity index (χ4n) is 3.05. The summed E-state index contributed by atoms with van der Waals surface area (Å²) in [5.74, 6) is 0.434. The zero-order valence-corrected chi connectivity index (χ0v) is 15.2. The van der Waals surface area contributed by atoms with Gasteiger partial charge in [0.2, 0.25) is 0 Å². The average molecular weight is 414 g/mol. The molecule has 3 aromatic rings. The van der Waals surface area contributed by atoms with E-state index in [9.17, 15) is 22.7 Å². The Kier molecular flexibility index (Phi) is 5.39. The zero-order valence-electron chi connectivity index (χ0n) is 15.2. The molecule has 0 radical (unpaired) electrons. The van der Waals surface area contributed by atoms with E-state index in [1.165, 1.54) is 30.3 Å². The first-order valence-electron chi connectivity index (χ1n) is 8.44. The summed E-state index contributed by atoms with van der Waals surface area (Å²) in [6, 6.07) is 11.1. The maximum Gasteiger partial charge on any atom is 0.419 e. The van der Waals surface area contributed by atoms with Crippen molar-refractivity contribution in [2.24, 2.45) is 10.9 Å². The lowest BCUT2D eigenvalue weighted by Crippen LogP contribution is -2.13. The highest BCUT2D eigenvalue weighted by molar-refractivity contribution is 5.99. The minimum atomic E-state index is -4.84. The molecule has 0 aliphatic rings. The van der Waals surface area contributed by atoms with Crippen molar-refractivity contribution >= 4 is 5.84 Å². The smallest absolute Gasteiger partial charge is 0.419 e. The van der Waals surface area contributed by atoms with Gasteiger partial charge < -0.3 is 16.0 Å². The summed E-state index contributed by atoms with van der Waals surface area (Å²) >= 11 is 0. The van der Waals surface area contributed by atoms with Crippen molar-refractivity contribution in [3.05, 3.63) is 77.1 Å². The predicted molar refractivity (Wildman–Crippen MR) is 104 cm³/mol. The van der Waals surface area contributed by atoms with Crippen LogP contribution in [0.1, 0.15) is 16.7 Å². The van der Waals surface area contributed by atoms with E-state index in [1.54, 1.807) is 0 Å². The van der Waals surface area contributed by atoms with E-state index in [0.29, 0.717) is 0 Å². The van der Waals surface area contributed by atoms with Gasteiger partial charge in [-0.3, -0.25) is 0 Å². The Morgan fingerprint density at radius 3 is 2.37 bits per heavy atom. The molecule has 0 bridgehead atoms. The molecule has 3 aromatic carbocycles. The number of halogens is 4. The molecule has 0 aliphatic heterocycles. The van der Waals surface area contributed by atoms with Crippen molar-refractivity contribution in [3.63, 3.8) is 0 Å². The number of nitrogens with two attached hydrogens (primary N) is 1. The van der Waals surface area contributed by atoms with Crippen LogP contribution in [0.25, 0.3) is 22.3 Å². The van der Waals surface area contributed by atoms with Crippen LogP contribution in [0.5, 0.6) is 5.75 Å². The van der Waals surface area contributed by atoms with E-state index in [4.69, 9.17) is 17.4 Å². The molecule has 0 fully saturated rings. The van der Waals surface area contributed by atoms with Crippen molar-refractivity contribution in [2.45, 2.75) is 6.18 Å². The van der Waals surface area contributed by atoms with Crippen LogP contribution in [0.4, 0.5) is 17.6 Å². The molecule has 0 spiro atoms. The predicted octanol–water partition coefficient (Wildman–Crippen LogP) is 4.96. The second kappa shape index (κ2) is 7.79. The molecule has 8 heteroatoms. The maximum absolute atomic E-state index is 13.9. The first-order chi connectivity index (χ1) is 14.2. The summed E-state index contributed by atoms with van der Waals surface area (Å²) in [7, 11) is 0. The second-order valence-corrected chi connectivity index (χ2v) is 6.31. The van der Waals surface area contributed by atoms with Crippen molar-refractivity contribution in [2.75, 3.05) is 0 Å². The van der Waals surface area contributed by atoms with Gasteiger partial charge in [-0.25, -0.2) is 4.39 Å². The molecule has 0 unspecified atom stereocenters. The maximum atomic E-state index is 13.9. The third kappa shape index (κ3) is 3.91. The van der Waals surface area contributed by atoms with E-state index in [2.05, 4.69) is 11.1 Å². The van der Waals surface area contributed by atoms with Gasteiger partial charge in [0.15, 0.2) is 5.84 Å². The van der Waals surface area contributed by atoms with E-state index < -0.39 is 23.3 Å². The van der Waals surface area contributed by atoms with Gasteiger partial charge in [-0.2, -0.15) is 13.2 Å². The summed E-state index contributed by atoms with van der Waals surface area (Å²) in [5, 5.41) is 21.8. The number of oxime groups is 1. The molecule has 3 rings (SSSR count). The van der Waals surface area contributed by atoms with Gasteiger partial charge in [0.1, 0.15) is 11.6 Å². The highest BCUT2D eigenvalue weighted by atomic mass is 19.4. The van der Waals surface area contributed by atoms with Crippen molar-refractivity contribution in [1.82, 2.24) is 0 Å². The van der Waals surface area contributed by atoms with E-state index in [0.717, 1.165) is 24.3 Å². The Balaban J connectivity index is 2.39. The zero-order chi connectivity index (χ0) is 22.1. The normalized spacial score (nSPS) is 11.9. The van der Waals surface area contributed by atoms with Gasteiger partial charge in [0.25, 0.3) is 0 Å². The third-order valence-corrected chi connectivity index (χ3v) is 4.45. The Hall–Kier alpha value is -3.99. The van der Waals surface area contributed by atoms with Crippen LogP contribution < -0.4 is 5.73 Å². The van der Waals surface area contributed by atoms with Gasteiger partial charge in [0.05, 0.1) is 5.56 Å². The SMILES string of the molecule is C#Cc1ccc(F)cc1-c1cc(O)c(C(F)(F)F)cc1-c1cccc(C(N)=NO)c1. The fraction of sp³-hybridized carbons (Fsp3) is 0.0455. The van der Waals surface area contributed by atoms with Gasteiger partial charge in [-0.15, -0.1) is 6.42 Å². The van der Waals surface area contributed by atoms with Gasteiger partial charge >= 0.3 is 6.18 Å². The number of rotatable bonds is 3. The average Bonchev–Trinajstić information content (AvgIpc) is 2.72. The highest BCUT2D eigenvalue weighted by Crippen LogP contribution is 2.44. The monoisotopic (exact) mass is 414 g/mol. The molecule has 30 heavy (non-hydrogen) atoms. The van der Waals surface area contributed by atoms with Crippen LogP contribution >= 0.6 is 0 Å². The van der Waals surface area contributed by atoms with Crippen molar-refractivity contribution < 1.29 is 27.9 Å². The molecule has 0 saturated heterocycles. The third-order valence-electron chi connectivity index (χ3n) is 4.45. The molecule has 152 valence electrons. The molecule has 0 aliphatic carbocycles. The van der Waals surface area contributed by atoms with Crippen LogP contribution in [-0.2, 0) is 6.18 Å². The van der Waals surface area contributed by atoms with Gasteiger partial charge in [-0.1, -0.05) is 29.3 Å². The second-order valence-electron chi connectivity index (χ2n) is 6.31. The van der Waals surface area contributed by atoms with E-state index in [-0.39, 0.29) is 39.2 Å². The minimum absolute atomic E-state index is 0.0230. The van der Waals surface area contributed by atoms with Crippen LogP contribution in [0.15, 0.2) is 59.8 Å². The molecular formula is C22H14F4N2O2. The van der Waals surface area contributed by atoms with Crippen molar-refractivity contribution in [1.29, 1.82) is 0 Å². The Morgan fingerprint density at radius 2 is 1.73 bits per heavy atom. The lowest BCUT2D eigenvalue weighted by molar-refractivity contribution is -0.138. The number of benzene rings is 3. The molecule has 0 saturated carbocycles. The minimum Gasteiger partial charge on any atom is -0.507 e. The number of phenols is 1. The summed E-state index contributed by atoms with van der Waals surface area (Å²) in [5.41, 5.74) is 5.29. The van der Waals surface area contributed by atoms with E-state index in [1.807, 2.05) is 0 Å². The number of nitrogens with zero attached hydrogens (tertiary/aromatic N) is 1. The lowest BCUT2D eigenvalue weighted by Gasteiger charge is -2.17. The lowest BCUT2D eigenvalue weighted by atomic mass is 9.89. The molecule has 4 N–H and O–H groups in total. The molecule has 0 atom stereocenters. The summed E-state index contributed by atoms with van der Waals surface area (Å²) in [6.45, 7) is 0. The Labute approximate surface area is 168 Å². The van der Waals surface area contributed by atoms with Crippen LogP contribution in [0.3, 0.4) is 0 Å². The first-order valence-corrected chi connectivity index (χ1v) is 8.44. The van der Waals surface area contributed by atoms with Gasteiger partial charge in [0, 0.05) is 16.7 Å². The summed E-state index contributed by atoms with van der Waals surface area (Å²) in [6.07, 6.45) is 0.635. The molecular weight excluding hydrogens is 400 g/mol.